The van der Waals surface area contributed by atoms with Crippen LogP contribution < -0.4 is 51.4 Å². The van der Waals surface area contributed by atoms with Crippen molar-refractivity contribution in [3.8, 4) is 0 Å². The Kier molecular flexibility index (Phi) is 7.92. The van der Waals surface area contributed by atoms with Gasteiger partial charge in [-0.15, -0.1) is 0 Å². The van der Waals surface area contributed by atoms with Crippen LogP contribution in [0.5, 0.6) is 0 Å². The average Bonchev–Trinajstić information content (AvgIpc) is 1.84. The quantitative estimate of drug-likeness (QED) is 0.326. The van der Waals surface area contributed by atoms with Gasteiger partial charge in [0.15, 0.2) is 0 Å². The molecule has 0 heterocycles. The van der Waals surface area contributed by atoms with Gasteiger partial charge in [0.1, 0.15) is 5.76 Å². The summed E-state index contributed by atoms with van der Waals surface area (Å²) in [6.07, 6.45) is -1.79. The van der Waals surface area contributed by atoms with Crippen LogP contribution in [0.4, 0.5) is 0 Å². The fourth-order valence-electron chi connectivity index (χ4n) is 0.390. The Morgan fingerprint density at radius 3 is 1.82 bits per heavy atom. The Balaban J connectivity index is -0.000000405. The van der Waals surface area contributed by atoms with Crippen LogP contribution in [0.1, 0.15) is 15.3 Å². The molecule has 0 aliphatic heterocycles. The topological polar surface area (TPSA) is 77.8 Å². The summed E-state index contributed by atoms with van der Waals surface area (Å²) in [5, 5.41) is 25.6. The van der Waals surface area contributed by atoms with Gasteiger partial charge < -0.3 is 16.7 Å². The fraction of sp³-hybridized carbons (Fsp3) is 0.500. The summed E-state index contributed by atoms with van der Waals surface area (Å²) >= 11 is 0. The molecule has 0 saturated carbocycles. The van der Waals surface area contributed by atoms with Gasteiger partial charge in [0.25, 0.3) is 0 Å². The van der Waals surface area contributed by atoms with E-state index in [1.54, 1.807) is 0 Å². The molecule has 0 radical (unpaired) electrons. The van der Waals surface area contributed by atoms with Gasteiger partial charge in [-0.1, -0.05) is 0 Å². The van der Waals surface area contributed by atoms with Crippen molar-refractivity contribution in [1.29, 1.82) is 0 Å². The summed E-state index contributed by atoms with van der Waals surface area (Å²) in [6.45, 7) is 3.03. The molecule has 0 aliphatic rings. The summed E-state index contributed by atoms with van der Waals surface area (Å²) in [6, 6.07) is 0. The third-order valence-electron chi connectivity index (χ3n) is 1.01. The van der Waals surface area contributed by atoms with Crippen LogP contribution in [-0.2, 0) is 4.79 Å². The molecule has 4 nitrogen and oxygen atoms in total. The second-order valence-corrected chi connectivity index (χ2v) is 2.13. The van der Waals surface area contributed by atoms with E-state index in [-0.39, 0.29) is 52.8 Å². The van der Waals surface area contributed by atoms with Gasteiger partial charge >= 0.3 is 57.4 Å². The molecule has 0 saturated heterocycles. The van der Waals surface area contributed by atoms with Gasteiger partial charge in [0.2, 0.25) is 6.10 Å². The number of carbonyl (C=O) groups is 1. The van der Waals surface area contributed by atoms with Crippen LogP contribution in [0.3, 0.4) is 0 Å². The molecule has 0 fully saturated rings. The van der Waals surface area contributed by atoms with Gasteiger partial charge in [-0.2, -0.15) is 0 Å². The third-order valence-corrected chi connectivity index (χ3v) is 1.01. The van der Waals surface area contributed by atoms with E-state index >= 15 is 0 Å². The molecule has 0 aromatic rings. The zero-order chi connectivity index (χ0) is 8.31. The first-order chi connectivity index (χ1) is 4.46. The number of hydrogen-bond acceptors (Lipinski definition) is 3. The molecule has 5 heteroatoms. The second-order valence-electron chi connectivity index (χ2n) is 2.13. The second kappa shape index (κ2) is 6.16. The minimum Gasteiger partial charge on any atom is -1.00 e. The number of allylic oxidation sites excluding steroid dienone is 1. The number of carboxylic acid groups (broad SMARTS) is 1. The van der Waals surface area contributed by atoms with Crippen molar-refractivity contribution in [2.45, 2.75) is 20.0 Å². The van der Waals surface area contributed by atoms with Gasteiger partial charge in [-0.05, 0) is 19.4 Å². The van der Waals surface area contributed by atoms with Crippen molar-refractivity contribution >= 4 is 5.97 Å². The molecular weight excluding hydrogens is 175 g/mol. The van der Waals surface area contributed by atoms with E-state index in [2.05, 4.69) is 0 Å². The molecule has 1 atom stereocenters. The molecular formula is C6H11KO4. The van der Waals surface area contributed by atoms with E-state index in [4.69, 9.17) is 15.3 Å². The predicted molar refractivity (Wildman–Crippen MR) is 35.8 cm³/mol. The van der Waals surface area contributed by atoms with Gasteiger partial charge in [-0.3, -0.25) is 0 Å². The van der Waals surface area contributed by atoms with Crippen molar-refractivity contribution in [1.82, 2.24) is 0 Å². The third kappa shape index (κ3) is 4.94. The first-order valence-electron chi connectivity index (χ1n) is 2.74. The van der Waals surface area contributed by atoms with Crippen LogP contribution in [0.2, 0.25) is 0 Å². The van der Waals surface area contributed by atoms with Crippen molar-refractivity contribution in [2.75, 3.05) is 0 Å². The summed E-state index contributed by atoms with van der Waals surface area (Å²) in [5.41, 5.74) is 0.398. The molecule has 0 aromatic carbocycles. The molecule has 0 amide bonds. The van der Waals surface area contributed by atoms with Crippen LogP contribution in [0, 0.1) is 0 Å². The minimum absolute atomic E-state index is 0. The molecule has 0 rings (SSSR count). The van der Waals surface area contributed by atoms with Crippen LogP contribution in [0.25, 0.3) is 0 Å². The molecule has 3 N–H and O–H groups in total. The van der Waals surface area contributed by atoms with E-state index in [9.17, 15) is 4.79 Å². The summed E-state index contributed by atoms with van der Waals surface area (Å²) in [7, 11) is 0. The zero-order valence-electron chi connectivity index (χ0n) is 7.83. The number of aliphatic carboxylic acids is 1. The van der Waals surface area contributed by atoms with Gasteiger partial charge in [-0.25, -0.2) is 4.79 Å². The Labute approximate surface area is 109 Å². The summed E-state index contributed by atoms with van der Waals surface area (Å²) in [4.78, 5) is 10.0. The maximum absolute atomic E-state index is 10.0. The number of aliphatic hydroxyl groups is 2. The van der Waals surface area contributed by atoms with Crippen molar-refractivity contribution in [3.63, 3.8) is 0 Å². The van der Waals surface area contributed by atoms with Crippen LogP contribution in [-0.4, -0.2) is 27.4 Å². The largest absolute Gasteiger partial charge is 1.00 e. The maximum Gasteiger partial charge on any atom is 1.00 e. The Morgan fingerprint density at radius 1 is 1.36 bits per heavy atom. The van der Waals surface area contributed by atoms with Crippen molar-refractivity contribution in [2.24, 2.45) is 0 Å². The molecule has 1 unspecified atom stereocenters. The summed E-state index contributed by atoms with van der Waals surface area (Å²) in [5.74, 6) is -1.94. The Hall–Kier alpha value is 0.606. The zero-order valence-corrected chi connectivity index (χ0v) is 9.95. The molecule has 11 heavy (non-hydrogen) atoms. The van der Waals surface area contributed by atoms with Crippen molar-refractivity contribution in [3.05, 3.63) is 11.3 Å². The minimum atomic E-state index is -1.79. The van der Waals surface area contributed by atoms with Crippen LogP contribution >= 0.6 is 0 Å². The SMILES string of the molecule is CC(C)=C(O)C(O)C(=O)O.[H-].[K+]. The van der Waals surface area contributed by atoms with E-state index in [0.717, 1.165) is 0 Å². The molecule has 0 spiro atoms. The maximum atomic E-state index is 10.0. The summed E-state index contributed by atoms with van der Waals surface area (Å²) < 4.78 is 0. The predicted octanol–water partition coefficient (Wildman–Crippen LogP) is -2.60. The standard InChI is InChI=1S/C6H10O4.K.H/c1-3(2)4(7)5(8)6(9)10;;/h5,7-8H,1-2H3,(H,9,10);;/q;+1;-1. The molecule has 0 aromatic heterocycles. The molecule has 0 bridgehead atoms. The number of aliphatic hydroxyl groups excluding tert-OH is 2. The van der Waals surface area contributed by atoms with Gasteiger partial charge in [0.05, 0.1) is 0 Å². The normalized spacial score (nSPS) is 11.2. The average molecular weight is 186 g/mol. The van der Waals surface area contributed by atoms with Gasteiger partial charge in [0, 0.05) is 0 Å². The number of rotatable bonds is 2. The monoisotopic (exact) mass is 186 g/mol. The molecule has 0 aliphatic carbocycles. The van der Waals surface area contributed by atoms with E-state index in [1.807, 2.05) is 0 Å². The van der Waals surface area contributed by atoms with E-state index in [0.29, 0.717) is 5.57 Å². The molecule has 60 valence electrons. The van der Waals surface area contributed by atoms with E-state index in [1.165, 1.54) is 13.8 Å². The smallest absolute Gasteiger partial charge is 1.00 e. The van der Waals surface area contributed by atoms with Crippen molar-refractivity contribution < 1.29 is 72.9 Å². The van der Waals surface area contributed by atoms with E-state index < -0.39 is 17.8 Å². The van der Waals surface area contributed by atoms with Crippen LogP contribution in [0.15, 0.2) is 11.3 Å². The number of hydrogen-bond donors (Lipinski definition) is 3. The Morgan fingerprint density at radius 2 is 1.73 bits per heavy atom. The first-order valence-corrected chi connectivity index (χ1v) is 2.74. The first kappa shape index (κ1) is 14.1. The fourth-order valence-corrected chi connectivity index (χ4v) is 0.390. The Bertz CT molecular complexity index is 176. The number of carboxylic acids is 1.